The maximum absolute atomic E-state index is 15.7. The van der Waals surface area contributed by atoms with Crippen LogP contribution in [0.15, 0.2) is 72.9 Å². The second-order valence-corrected chi connectivity index (χ2v) is 10.3. The van der Waals surface area contributed by atoms with Gasteiger partial charge >= 0.3 is 5.97 Å². The van der Waals surface area contributed by atoms with E-state index in [1.54, 1.807) is 23.2 Å². The molecule has 0 saturated carbocycles. The van der Waals surface area contributed by atoms with Gasteiger partial charge in [0.15, 0.2) is 6.17 Å². The number of amides is 1. The van der Waals surface area contributed by atoms with Crippen molar-refractivity contribution in [3.05, 3.63) is 94.6 Å². The van der Waals surface area contributed by atoms with Gasteiger partial charge in [0.2, 0.25) is 12.0 Å². The zero-order chi connectivity index (χ0) is 29.1. The minimum atomic E-state index is -2.02. The Morgan fingerprint density at radius 2 is 1.71 bits per heavy atom. The molecule has 0 aliphatic carbocycles. The molecule has 0 radical (unpaired) electrons. The zero-order valence-corrected chi connectivity index (χ0v) is 23.4. The number of methoxy groups -OCH3 is 1. The molecule has 0 spiro atoms. The number of likely N-dealkylation sites (tertiary alicyclic amines) is 1. The molecule has 10 heteroatoms. The number of aromatic nitrogens is 1. The quantitative estimate of drug-likeness (QED) is 0.247. The number of ether oxygens (including phenoxy) is 2. The van der Waals surface area contributed by atoms with Crippen molar-refractivity contribution in [1.82, 2.24) is 9.47 Å². The first kappa shape index (κ1) is 28.3. The molecule has 2 heterocycles. The molecule has 4 aromatic rings. The van der Waals surface area contributed by atoms with E-state index in [9.17, 15) is 14.4 Å². The summed E-state index contributed by atoms with van der Waals surface area (Å²) in [5.74, 6) is -1.31. The smallest absolute Gasteiger partial charge is 0.337 e. The van der Waals surface area contributed by atoms with Crippen molar-refractivity contribution in [2.24, 2.45) is 7.05 Å². The maximum atomic E-state index is 15.7. The van der Waals surface area contributed by atoms with E-state index < -0.39 is 24.2 Å². The second kappa shape index (κ2) is 12.1. The van der Waals surface area contributed by atoms with Crippen molar-refractivity contribution in [3.63, 3.8) is 0 Å². The molecule has 1 saturated heterocycles. The van der Waals surface area contributed by atoms with Crippen molar-refractivity contribution in [2.75, 3.05) is 25.5 Å². The normalized spacial score (nSPS) is 14.9. The number of para-hydroxylation sites is 1. The summed E-state index contributed by atoms with van der Waals surface area (Å²) in [7, 11) is 3.14. The number of benzene rings is 3. The van der Waals surface area contributed by atoms with E-state index >= 15 is 4.39 Å². The Hall–Kier alpha value is -4.21. The minimum absolute atomic E-state index is 0.0528. The lowest BCUT2D eigenvalue weighted by atomic mass is 10.0. The van der Waals surface area contributed by atoms with Crippen molar-refractivity contribution in [1.29, 1.82) is 0 Å². The fourth-order valence-corrected chi connectivity index (χ4v) is 5.23. The third-order valence-electron chi connectivity index (χ3n) is 7.16. The topological polar surface area (TPSA) is 89.9 Å². The molecule has 1 aromatic heterocycles. The number of aryl methyl sites for hydroxylation is 1. The third kappa shape index (κ3) is 5.96. The van der Waals surface area contributed by atoms with Crippen LogP contribution in [0.5, 0.6) is 5.75 Å². The Labute approximate surface area is 241 Å². The Morgan fingerprint density at radius 1 is 1.00 bits per heavy atom. The van der Waals surface area contributed by atoms with Gasteiger partial charge in [-0.15, -0.1) is 0 Å². The summed E-state index contributed by atoms with van der Waals surface area (Å²) in [6.45, 7) is 1.17. The first-order chi connectivity index (χ1) is 19.8. The Bertz CT molecular complexity index is 1600. The van der Waals surface area contributed by atoms with E-state index in [1.807, 2.05) is 35.9 Å². The van der Waals surface area contributed by atoms with E-state index in [0.29, 0.717) is 35.7 Å². The first-order valence-electron chi connectivity index (χ1n) is 13.2. The van der Waals surface area contributed by atoms with Crippen LogP contribution in [0.4, 0.5) is 10.1 Å². The van der Waals surface area contributed by atoms with Gasteiger partial charge in [-0.1, -0.05) is 35.9 Å². The largest absolute Gasteiger partial charge is 0.468 e. The molecule has 3 aromatic carbocycles. The van der Waals surface area contributed by atoms with Gasteiger partial charge in [-0.25, -0.2) is 9.18 Å². The van der Waals surface area contributed by atoms with Gasteiger partial charge in [0.25, 0.3) is 5.91 Å². The number of anilines is 1. The van der Waals surface area contributed by atoms with E-state index in [-0.39, 0.29) is 16.5 Å². The predicted octanol–water partition coefficient (Wildman–Crippen LogP) is 5.95. The summed E-state index contributed by atoms with van der Waals surface area (Å²) in [6.07, 6.45) is 0.279. The van der Waals surface area contributed by atoms with Gasteiger partial charge in [-0.2, -0.15) is 0 Å². The summed E-state index contributed by atoms with van der Waals surface area (Å²) in [4.78, 5) is 40.0. The molecule has 0 bridgehead atoms. The molecular formula is C31H29ClFN3O5. The highest BCUT2D eigenvalue weighted by atomic mass is 35.5. The van der Waals surface area contributed by atoms with Gasteiger partial charge < -0.3 is 19.4 Å². The Morgan fingerprint density at radius 3 is 2.39 bits per heavy atom. The number of nitrogens with zero attached hydrogens (tertiary/aromatic N) is 2. The maximum Gasteiger partial charge on any atom is 0.337 e. The highest BCUT2D eigenvalue weighted by Crippen LogP contribution is 2.31. The third-order valence-corrected chi connectivity index (χ3v) is 7.48. The SMILES string of the molecule is COC(=O)c1ccc(OC(C(=O)C(F)c2ccc(NC(=O)c3cn(C)c4ccccc34)c(Cl)c2)N2CCCC2)cc1. The lowest BCUT2D eigenvalue weighted by Crippen LogP contribution is -2.45. The lowest BCUT2D eigenvalue weighted by Gasteiger charge is -2.28. The minimum Gasteiger partial charge on any atom is -0.468 e. The van der Waals surface area contributed by atoms with Crippen LogP contribution in [0.1, 0.15) is 45.3 Å². The first-order valence-corrected chi connectivity index (χ1v) is 13.6. The number of fused-ring (bicyclic) bond motifs is 1. The highest BCUT2D eigenvalue weighted by Gasteiger charge is 2.36. The summed E-state index contributed by atoms with van der Waals surface area (Å²) < 4.78 is 28.2. The number of hydrogen-bond donors (Lipinski definition) is 1. The van der Waals surface area contributed by atoms with E-state index in [2.05, 4.69) is 5.32 Å². The standard InChI is InChI=1S/C31H29ClFN3O5/c1-35-18-23(22-7-3-4-8-26(22)35)29(38)34-25-14-11-20(17-24(25)32)27(33)28(37)30(36-15-5-6-16-36)41-21-12-9-19(10-13-21)31(39)40-2/h3-4,7-14,17-18,27,30H,5-6,15-16H2,1-2H3,(H,34,38). The summed E-state index contributed by atoms with van der Waals surface area (Å²) >= 11 is 6.44. The number of carbonyl (C=O) groups excluding carboxylic acids is 3. The molecule has 1 aliphatic heterocycles. The number of hydrogen-bond acceptors (Lipinski definition) is 6. The van der Waals surface area contributed by atoms with E-state index in [0.717, 1.165) is 23.7 Å². The number of halogens is 2. The Kier molecular flexibility index (Phi) is 8.37. The van der Waals surface area contributed by atoms with Gasteiger partial charge in [-0.3, -0.25) is 14.5 Å². The molecule has 8 nitrogen and oxygen atoms in total. The van der Waals surface area contributed by atoms with Crippen LogP contribution in [0.25, 0.3) is 10.9 Å². The number of esters is 1. The van der Waals surface area contributed by atoms with Crippen LogP contribution in [0.3, 0.4) is 0 Å². The number of nitrogens with one attached hydrogen (secondary N) is 1. The highest BCUT2D eigenvalue weighted by molar-refractivity contribution is 6.34. The lowest BCUT2D eigenvalue weighted by molar-refractivity contribution is -0.139. The number of Topliss-reactive ketones (excluding diaryl/α,β-unsaturated/α-hetero) is 1. The molecule has 1 fully saturated rings. The van der Waals surface area contributed by atoms with Gasteiger partial charge in [0, 0.05) is 37.2 Å². The molecule has 212 valence electrons. The van der Waals surface area contributed by atoms with E-state index in [4.69, 9.17) is 21.1 Å². The predicted molar refractivity (Wildman–Crippen MR) is 154 cm³/mol. The van der Waals surface area contributed by atoms with Crippen molar-refractivity contribution in [3.8, 4) is 5.75 Å². The molecule has 1 N–H and O–H groups in total. The van der Waals surface area contributed by atoms with Crippen LogP contribution in [0.2, 0.25) is 5.02 Å². The van der Waals surface area contributed by atoms with Crippen LogP contribution in [-0.4, -0.2) is 53.6 Å². The molecule has 1 amide bonds. The van der Waals surface area contributed by atoms with Gasteiger partial charge in [0.1, 0.15) is 5.75 Å². The monoisotopic (exact) mass is 577 g/mol. The fraction of sp³-hybridized carbons (Fsp3) is 0.258. The van der Waals surface area contributed by atoms with Crippen LogP contribution in [-0.2, 0) is 16.6 Å². The van der Waals surface area contributed by atoms with Crippen LogP contribution in [0, 0.1) is 0 Å². The van der Waals surface area contributed by atoms with Crippen molar-refractivity contribution in [2.45, 2.75) is 25.2 Å². The molecule has 5 rings (SSSR count). The zero-order valence-electron chi connectivity index (χ0n) is 22.6. The molecular weight excluding hydrogens is 549 g/mol. The van der Waals surface area contributed by atoms with Crippen LogP contribution < -0.4 is 10.1 Å². The summed E-state index contributed by atoms with van der Waals surface area (Å²) in [5.41, 5.74) is 2.07. The van der Waals surface area contributed by atoms with Gasteiger partial charge in [0.05, 0.1) is 28.9 Å². The van der Waals surface area contributed by atoms with E-state index in [1.165, 1.54) is 37.4 Å². The average molecular weight is 578 g/mol. The van der Waals surface area contributed by atoms with Crippen molar-refractivity contribution >= 4 is 45.9 Å². The second-order valence-electron chi connectivity index (χ2n) is 9.86. The summed E-state index contributed by atoms with van der Waals surface area (Å²) in [6, 6.07) is 17.9. The van der Waals surface area contributed by atoms with Crippen molar-refractivity contribution < 1.29 is 28.2 Å². The van der Waals surface area contributed by atoms with Gasteiger partial charge in [-0.05, 0) is 60.9 Å². The number of ketones is 1. The summed E-state index contributed by atoms with van der Waals surface area (Å²) in [5, 5.41) is 3.68. The van der Waals surface area contributed by atoms with Crippen LogP contribution >= 0.6 is 11.6 Å². The average Bonchev–Trinajstić information content (AvgIpc) is 3.65. The molecule has 1 aliphatic rings. The molecule has 41 heavy (non-hydrogen) atoms. The molecule has 2 unspecified atom stereocenters. The fourth-order valence-electron chi connectivity index (χ4n) is 5.00. The molecule has 2 atom stereocenters. The number of alkyl halides is 1. The number of carbonyl (C=O) groups is 3. The Balaban J connectivity index is 1.32. The number of rotatable bonds is 9.